The summed E-state index contributed by atoms with van der Waals surface area (Å²) in [6, 6.07) is 6.90. The van der Waals surface area contributed by atoms with E-state index in [2.05, 4.69) is 20.5 Å². The lowest BCUT2D eigenvalue weighted by atomic mass is 10.0. The largest absolute Gasteiger partial charge is 0.379 e. The maximum Gasteiger partial charge on any atom is 0.191 e. The summed E-state index contributed by atoms with van der Waals surface area (Å²) in [5.41, 5.74) is 1.09. The van der Waals surface area contributed by atoms with E-state index in [0.29, 0.717) is 6.54 Å². The summed E-state index contributed by atoms with van der Waals surface area (Å²) in [5.74, 6) is 0.553. The summed E-state index contributed by atoms with van der Waals surface area (Å²) < 4.78 is 24.4. The molecule has 0 aliphatic carbocycles. The van der Waals surface area contributed by atoms with Crippen molar-refractivity contribution in [3.05, 3.63) is 35.6 Å². The van der Waals surface area contributed by atoms with E-state index in [1.165, 1.54) is 12.1 Å². The van der Waals surface area contributed by atoms with Gasteiger partial charge in [0.15, 0.2) is 5.96 Å². The fourth-order valence-corrected chi connectivity index (χ4v) is 3.46. The number of guanidine groups is 1. The average molecular weight is 492 g/mol. The van der Waals surface area contributed by atoms with Crippen LogP contribution in [0.4, 0.5) is 4.39 Å². The average Bonchev–Trinajstić information content (AvgIpc) is 3.20. The van der Waals surface area contributed by atoms with E-state index in [-0.39, 0.29) is 41.9 Å². The van der Waals surface area contributed by atoms with E-state index in [1.54, 1.807) is 7.05 Å². The predicted octanol–water partition coefficient (Wildman–Crippen LogP) is 2.16. The third kappa shape index (κ3) is 6.85. The third-order valence-electron chi connectivity index (χ3n) is 4.95. The lowest BCUT2D eigenvalue weighted by Crippen LogP contribution is -2.47. The molecule has 2 saturated heterocycles. The molecule has 0 saturated carbocycles. The maximum atomic E-state index is 13.3. The van der Waals surface area contributed by atoms with E-state index in [4.69, 9.17) is 9.47 Å². The third-order valence-corrected chi connectivity index (χ3v) is 4.95. The second kappa shape index (κ2) is 11.8. The van der Waals surface area contributed by atoms with Crippen molar-refractivity contribution in [1.82, 2.24) is 15.5 Å². The quantitative estimate of drug-likeness (QED) is 0.362. The molecule has 1 aromatic rings. The molecular formula is C19H30FIN4O2. The van der Waals surface area contributed by atoms with Crippen molar-refractivity contribution in [3.63, 3.8) is 0 Å². The molecule has 2 unspecified atom stereocenters. The molecule has 2 N–H and O–H groups in total. The highest BCUT2D eigenvalue weighted by atomic mass is 127. The molecule has 2 heterocycles. The first kappa shape index (κ1) is 22.3. The van der Waals surface area contributed by atoms with Gasteiger partial charge < -0.3 is 20.1 Å². The van der Waals surface area contributed by atoms with Crippen LogP contribution in [0.15, 0.2) is 29.3 Å². The number of hydrogen-bond donors (Lipinski definition) is 2. The maximum absolute atomic E-state index is 13.3. The summed E-state index contributed by atoms with van der Waals surface area (Å²) in [7, 11) is 1.77. The molecule has 0 aromatic heterocycles. The fourth-order valence-electron chi connectivity index (χ4n) is 3.46. The van der Waals surface area contributed by atoms with Crippen LogP contribution >= 0.6 is 24.0 Å². The smallest absolute Gasteiger partial charge is 0.191 e. The van der Waals surface area contributed by atoms with Gasteiger partial charge in [-0.2, -0.15) is 0 Å². The van der Waals surface area contributed by atoms with Crippen LogP contribution in [0.5, 0.6) is 0 Å². The van der Waals surface area contributed by atoms with Crippen LogP contribution in [0.1, 0.15) is 24.4 Å². The summed E-state index contributed by atoms with van der Waals surface area (Å²) >= 11 is 0. The number of rotatable bonds is 6. The topological polar surface area (TPSA) is 58.1 Å². The normalized spacial score (nSPS) is 22.1. The van der Waals surface area contributed by atoms with Crippen molar-refractivity contribution in [2.24, 2.45) is 4.99 Å². The second-order valence-corrected chi connectivity index (χ2v) is 6.68. The summed E-state index contributed by atoms with van der Waals surface area (Å²) in [5, 5.41) is 6.75. The van der Waals surface area contributed by atoms with Crippen molar-refractivity contribution in [3.8, 4) is 0 Å². The van der Waals surface area contributed by atoms with Crippen molar-refractivity contribution in [2.75, 3.05) is 53.0 Å². The molecule has 3 rings (SSSR count). The van der Waals surface area contributed by atoms with E-state index in [9.17, 15) is 4.39 Å². The number of morpholine rings is 1. The zero-order valence-electron chi connectivity index (χ0n) is 15.8. The number of benzene rings is 1. The van der Waals surface area contributed by atoms with Crippen LogP contribution in [0.2, 0.25) is 0 Å². The SMILES string of the molecule is CN=C(NCC1CCCO1)NCC(c1ccc(F)cc1)N1CCOCC1.I. The fraction of sp³-hybridized carbons (Fsp3) is 0.632. The Bertz CT molecular complexity index is 576. The molecule has 1 aromatic carbocycles. The Morgan fingerprint density at radius 2 is 1.96 bits per heavy atom. The van der Waals surface area contributed by atoms with Gasteiger partial charge in [0.05, 0.1) is 25.4 Å². The Morgan fingerprint density at radius 3 is 2.59 bits per heavy atom. The van der Waals surface area contributed by atoms with Crippen LogP contribution in [0.25, 0.3) is 0 Å². The molecule has 2 fully saturated rings. The van der Waals surface area contributed by atoms with Crippen LogP contribution in [0, 0.1) is 5.82 Å². The van der Waals surface area contributed by atoms with Gasteiger partial charge in [0.2, 0.25) is 0 Å². The van der Waals surface area contributed by atoms with Crippen molar-refractivity contribution < 1.29 is 13.9 Å². The number of hydrogen-bond acceptors (Lipinski definition) is 4. The van der Waals surface area contributed by atoms with Gasteiger partial charge in [0.25, 0.3) is 0 Å². The molecule has 0 spiro atoms. The summed E-state index contributed by atoms with van der Waals surface area (Å²) in [4.78, 5) is 6.68. The molecule has 27 heavy (non-hydrogen) atoms. The highest BCUT2D eigenvalue weighted by Crippen LogP contribution is 2.21. The number of nitrogens with zero attached hydrogens (tertiary/aromatic N) is 2. The van der Waals surface area contributed by atoms with Gasteiger partial charge in [-0.3, -0.25) is 9.89 Å². The monoisotopic (exact) mass is 492 g/mol. The zero-order chi connectivity index (χ0) is 18.2. The molecule has 0 bridgehead atoms. The first-order chi connectivity index (χ1) is 12.8. The Hall–Kier alpha value is -0.970. The Morgan fingerprint density at radius 1 is 1.22 bits per heavy atom. The van der Waals surface area contributed by atoms with Crippen molar-refractivity contribution >= 4 is 29.9 Å². The highest BCUT2D eigenvalue weighted by Gasteiger charge is 2.23. The minimum atomic E-state index is -0.212. The zero-order valence-corrected chi connectivity index (χ0v) is 18.2. The van der Waals surface area contributed by atoms with Gasteiger partial charge >= 0.3 is 0 Å². The summed E-state index contributed by atoms with van der Waals surface area (Å²) in [6.07, 6.45) is 2.48. The Kier molecular flexibility index (Phi) is 9.74. The second-order valence-electron chi connectivity index (χ2n) is 6.68. The molecule has 0 amide bonds. The molecule has 6 nitrogen and oxygen atoms in total. The van der Waals surface area contributed by atoms with Gasteiger partial charge in [-0.15, -0.1) is 24.0 Å². The molecule has 152 valence electrons. The number of aliphatic imine (C=N–C) groups is 1. The minimum Gasteiger partial charge on any atom is -0.379 e. The molecule has 2 aliphatic heterocycles. The molecule has 2 aliphatic rings. The molecule has 8 heteroatoms. The van der Waals surface area contributed by atoms with Crippen LogP contribution in [0.3, 0.4) is 0 Å². The van der Waals surface area contributed by atoms with E-state index in [0.717, 1.165) is 63.8 Å². The lowest BCUT2D eigenvalue weighted by Gasteiger charge is -2.35. The van der Waals surface area contributed by atoms with Gasteiger partial charge in [0.1, 0.15) is 5.82 Å². The molecule has 2 atom stereocenters. The predicted molar refractivity (Wildman–Crippen MR) is 115 cm³/mol. The lowest BCUT2D eigenvalue weighted by molar-refractivity contribution is 0.0169. The standard InChI is InChI=1S/C19H29FN4O2.HI/c1-21-19(22-13-17-3-2-10-26-17)23-14-18(24-8-11-25-12-9-24)15-4-6-16(20)7-5-15;/h4-7,17-18H,2-3,8-14H2,1H3,(H2,21,22,23);1H. The molecule has 0 radical (unpaired) electrons. The minimum absolute atomic E-state index is 0. The number of ether oxygens (including phenoxy) is 2. The van der Waals surface area contributed by atoms with Gasteiger partial charge in [-0.25, -0.2) is 4.39 Å². The first-order valence-electron chi connectivity index (χ1n) is 9.39. The van der Waals surface area contributed by atoms with Crippen molar-refractivity contribution in [1.29, 1.82) is 0 Å². The van der Waals surface area contributed by atoms with Gasteiger partial charge in [0, 0.05) is 39.8 Å². The Balaban J connectivity index is 0.00000261. The van der Waals surface area contributed by atoms with E-state index >= 15 is 0 Å². The van der Waals surface area contributed by atoms with Gasteiger partial charge in [-0.05, 0) is 30.5 Å². The van der Waals surface area contributed by atoms with Crippen LogP contribution in [-0.2, 0) is 9.47 Å². The number of nitrogens with one attached hydrogen (secondary N) is 2. The van der Waals surface area contributed by atoms with Crippen molar-refractivity contribution in [2.45, 2.75) is 25.0 Å². The number of halogens is 2. The highest BCUT2D eigenvalue weighted by molar-refractivity contribution is 14.0. The van der Waals surface area contributed by atoms with Gasteiger partial charge in [-0.1, -0.05) is 12.1 Å². The Labute approximate surface area is 177 Å². The van der Waals surface area contributed by atoms with E-state index < -0.39 is 0 Å². The van der Waals surface area contributed by atoms with Crippen LogP contribution < -0.4 is 10.6 Å². The van der Waals surface area contributed by atoms with Crippen LogP contribution in [-0.4, -0.2) is 70.0 Å². The van der Waals surface area contributed by atoms with E-state index in [1.807, 2.05) is 12.1 Å². The molecular weight excluding hydrogens is 462 g/mol. The summed E-state index contributed by atoms with van der Waals surface area (Å²) in [6.45, 7) is 5.49. The first-order valence-corrected chi connectivity index (χ1v) is 9.39.